The molecule has 30 heavy (non-hydrogen) atoms. The van der Waals surface area contributed by atoms with Crippen LogP contribution < -0.4 is 10.0 Å². The van der Waals surface area contributed by atoms with Crippen molar-refractivity contribution in [1.29, 1.82) is 5.26 Å². The Morgan fingerprint density at radius 2 is 1.87 bits per heavy atom. The standard InChI is InChI=1S/C20H19N3O6S/c1-3-29-20(26)14(11-21)12-22-17-6-4-5-7-18(17)23-30(27,28)15-9-8-13(2)16(10-15)19(24)25/h4-10,12,22-23H,3H2,1-2H3,(H,24,25)/b14-12+. The number of hydrogen-bond donors (Lipinski definition) is 3. The number of esters is 1. The maximum absolute atomic E-state index is 12.8. The van der Waals surface area contributed by atoms with Crippen LogP contribution in [0.3, 0.4) is 0 Å². The predicted octanol–water partition coefficient (Wildman–Crippen LogP) is 2.88. The van der Waals surface area contributed by atoms with E-state index in [1.165, 1.54) is 24.3 Å². The number of ether oxygens (including phenoxy) is 1. The van der Waals surface area contributed by atoms with Gasteiger partial charge in [-0.1, -0.05) is 18.2 Å². The van der Waals surface area contributed by atoms with Crippen molar-refractivity contribution in [2.75, 3.05) is 16.6 Å². The number of rotatable bonds is 8. The normalized spacial score (nSPS) is 11.3. The molecular weight excluding hydrogens is 410 g/mol. The smallest absolute Gasteiger partial charge is 0.350 e. The molecule has 3 N–H and O–H groups in total. The van der Waals surface area contributed by atoms with E-state index in [2.05, 4.69) is 10.0 Å². The number of carboxylic acids is 1. The maximum atomic E-state index is 12.8. The summed E-state index contributed by atoms with van der Waals surface area (Å²) in [5, 5.41) is 21.0. The van der Waals surface area contributed by atoms with Crippen molar-refractivity contribution < 1.29 is 27.9 Å². The Kier molecular flexibility index (Phi) is 7.17. The number of carbonyl (C=O) groups is 2. The zero-order chi connectivity index (χ0) is 22.3. The van der Waals surface area contributed by atoms with E-state index in [0.29, 0.717) is 5.56 Å². The summed E-state index contributed by atoms with van der Waals surface area (Å²) in [6.45, 7) is 3.27. The molecule has 0 amide bonds. The summed E-state index contributed by atoms with van der Waals surface area (Å²) < 4.78 is 32.6. The van der Waals surface area contributed by atoms with Crippen molar-refractivity contribution in [2.45, 2.75) is 18.7 Å². The number of nitrogens with one attached hydrogen (secondary N) is 2. The average molecular weight is 429 g/mol. The molecule has 0 radical (unpaired) electrons. The topological polar surface area (TPSA) is 146 Å². The van der Waals surface area contributed by atoms with E-state index in [1.54, 1.807) is 32.0 Å². The van der Waals surface area contributed by atoms with E-state index in [-0.39, 0.29) is 34.0 Å². The average Bonchev–Trinajstić information content (AvgIpc) is 2.69. The molecule has 2 aromatic carbocycles. The number of hydrogen-bond acceptors (Lipinski definition) is 7. The number of carboxylic acid groups (broad SMARTS) is 1. The van der Waals surface area contributed by atoms with E-state index < -0.39 is 22.0 Å². The molecule has 0 saturated heterocycles. The molecule has 0 spiro atoms. The molecule has 0 aromatic heterocycles. The molecule has 0 fully saturated rings. The van der Waals surface area contributed by atoms with Gasteiger partial charge in [0.05, 0.1) is 28.4 Å². The van der Waals surface area contributed by atoms with Crippen molar-refractivity contribution in [2.24, 2.45) is 0 Å². The summed E-state index contributed by atoms with van der Waals surface area (Å²) in [4.78, 5) is 22.8. The lowest BCUT2D eigenvalue weighted by Crippen LogP contribution is -2.15. The van der Waals surface area contributed by atoms with Crippen LogP contribution in [-0.4, -0.2) is 32.1 Å². The Bertz CT molecular complexity index is 1150. The fraction of sp³-hybridized carbons (Fsp3) is 0.150. The van der Waals surface area contributed by atoms with Crippen LogP contribution in [0.15, 0.2) is 59.1 Å². The molecule has 0 atom stereocenters. The molecule has 2 rings (SSSR count). The third-order valence-electron chi connectivity index (χ3n) is 3.91. The number of nitriles is 1. The zero-order valence-electron chi connectivity index (χ0n) is 16.2. The van der Waals surface area contributed by atoms with Crippen LogP contribution in [0.25, 0.3) is 0 Å². The largest absolute Gasteiger partial charge is 0.478 e. The van der Waals surface area contributed by atoms with Crippen molar-refractivity contribution in [1.82, 2.24) is 0 Å². The molecular formula is C20H19N3O6S. The lowest BCUT2D eigenvalue weighted by Gasteiger charge is -2.13. The number of aromatic carboxylic acids is 1. The number of aryl methyl sites for hydroxylation is 1. The van der Waals surface area contributed by atoms with Crippen LogP contribution in [0, 0.1) is 18.3 Å². The fourth-order valence-corrected chi connectivity index (χ4v) is 3.50. The van der Waals surface area contributed by atoms with Gasteiger partial charge in [0.25, 0.3) is 10.0 Å². The van der Waals surface area contributed by atoms with E-state index in [4.69, 9.17) is 10.00 Å². The highest BCUT2D eigenvalue weighted by Crippen LogP contribution is 2.25. The van der Waals surface area contributed by atoms with Crippen LogP contribution in [0.2, 0.25) is 0 Å². The summed E-state index contributed by atoms with van der Waals surface area (Å²) >= 11 is 0. The second-order valence-corrected chi connectivity index (χ2v) is 7.65. The molecule has 0 aliphatic carbocycles. The Labute approximate surface area is 173 Å². The maximum Gasteiger partial charge on any atom is 0.350 e. The third-order valence-corrected chi connectivity index (χ3v) is 5.27. The molecule has 10 heteroatoms. The van der Waals surface area contributed by atoms with Gasteiger partial charge in [0.2, 0.25) is 0 Å². The molecule has 0 saturated carbocycles. The van der Waals surface area contributed by atoms with Crippen molar-refractivity contribution >= 4 is 33.3 Å². The molecule has 0 unspecified atom stereocenters. The quantitative estimate of drug-likeness (QED) is 0.330. The summed E-state index contributed by atoms with van der Waals surface area (Å²) in [6.07, 6.45) is 1.11. The van der Waals surface area contributed by atoms with Crippen molar-refractivity contribution in [3.8, 4) is 6.07 Å². The third kappa shape index (κ3) is 5.36. The lowest BCUT2D eigenvalue weighted by molar-refractivity contribution is -0.138. The van der Waals surface area contributed by atoms with Gasteiger partial charge >= 0.3 is 11.9 Å². The summed E-state index contributed by atoms with van der Waals surface area (Å²) in [7, 11) is -4.11. The number of para-hydroxylation sites is 2. The van der Waals surface area contributed by atoms with Crippen LogP contribution in [0.1, 0.15) is 22.8 Å². The summed E-state index contributed by atoms with van der Waals surface area (Å²) in [5.74, 6) is -2.05. The van der Waals surface area contributed by atoms with Gasteiger partial charge in [-0.05, 0) is 43.7 Å². The number of benzene rings is 2. The first kappa shape index (κ1) is 22.4. The first-order valence-electron chi connectivity index (χ1n) is 8.69. The lowest BCUT2D eigenvalue weighted by atomic mass is 10.1. The highest BCUT2D eigenvalue weighted by molar-refractivity contribution is 7.92. The first-order chi connectivity index (χ1) is 14.2. The fourth-order valence-electron chi connectivity index (χ4n) is 2.40. The van der Waals surface area contributed by atoms with Gasteiger partial charge in [0.1, 0.15) is 6.07 Å². The zero-order valence-corrected chi connectivity index (χ0v) is 17.0. The minimum Gasteiger partial charge on any atom is -0.478 e. The number of carbonyl (C=O) groups excluding carboxylic acids is 1. The molecule has 2 aromatic rings. The number of anilines is 2. The van der Waals surface area contributed by atoms with Gasteiger partial charge < -0.3 is 15.2 Å². The molecule has 9 nitrogen and oxygen atoms in total. The molecule has 156 valence electrons. The van der Waals surface area contributed by atoms with Gasteiger partial charge in [-0.3, -0.25) is 4.72 Å². The van der Waals surface area contributed by atoms with Gasteiger partial charge in [-0.25, -0.2) is 18.0 Å². The second-order valence-electron chi connectivity index (χ2n) is 5.97. The highest BCUT2D eigenvalue weighted by atomic mass is 32.2. The Morgan fingerprint density at radius 3 is 2.47 bits per heavy atom. The Hall–Kier alpha value is -3.84. The van der Waals surface area contributed by atoms with Gasteiger partial charge in [0, 0.05) is 6.20 Å². The van der Waals surface area contributed by atoms with Crippen LogP contribution in [0.4, 0.5) is 11.4 Å². The van der Waals surface area contributed by atoms with Gasteiger partial charge in [-0.15, -0.1) is 0 Å². The number of sulfonamides is 1. The monoisotopic (exact) mass is 429 g/mol. The summed E-state index contributed by atoms with van der Waals surface area (Å²) in [6, 6.07) is 11.7. The molecule has 0 aliphatic rings. The van der Waals surface area contributed by atoms with E-state index >= 15 is 0 Å². The Balaban J connectivity index is 2.34. The first-order valence-corrected chi connectivity index (χ1v) is 10.2. The SMILES string of the molecule is CCOC(=O)/C(C#N)=C/Nc1ccccc1NS(=O)(=O)c1ccc(C)c(C(=O)O)c1. The van der Waals surface area contributed by atoms with Gasteiger partial charge in [0.15, 0.2) is 5.57 Å². The highest BCUT2D eigenvalue weighted by Gasteiger charge is 2.19. The molecule has 0 aliphatic heterocycles. The van der Waals surface area contributed by atoms with Gasteiger partial charge in [-0.2, -0.15) is 5.26 Å². The van der Waals surface area contributed by atoms with Crippen LogP contribution in [0.5, 0.6) is 0 Å². The minimum absolute atomic E-state index is 0.100. The van der Waals surface area contributed by atoms with E-state index in [1.807, 2.05) is 0 Å². The van der Waals surface area contributed by atoms with Crippen molar-refractivity contribution in [3.63, 3.8) is 0 Å². The van der Waals surface area contributed by atoms with Crippen LogP contribution >= 0.6 is 0 Å². The summed E-state index contributed by atoms with van der Waals surface area (Å²) in [5.41, 5.74) is 0.409. The Morgan fingerprint density at radius 1 is 1.20 bits per heavy atom. The van der Waals surface area contributed by atoms with Crippen molar-refractivity contribution in [3.05, 3.63) is 65.4 Å². The number of nitrogens with zero attached hydrogens (tertiary/aromatic N) is 1. The minimum atomic E-state index is -4.11. The second kappa shape index (κ2) is 9.58. The predicted molar refractivity (Wildman–Crippen MR) is 109 cm³/mol. The van der Waals surface area contributed by atoms with E-state index in [0.717, 1.165) is 12.3 Å². The van der Waals surface area contributed by atoms with E-state index in [9.17, 15) is 23.1 Å². The molecule has 0 bridgehead atoms. The van der Waals surface area contributed by atoms with Crippen LogP contribution in [-0.2, 0) is 19.6 Å². The molecule has 0 heterocycles.